The first-order valence-electron chi connectivity index (χ1n) is 4.86. The molecule has 0 spiro atoms. The summed E-state index contributed by atoms with van der Waals surface area (Å²) < 4.78 is 4.99. The zero-order valence-electron chi connectivity index (χ0n) is 9.63. The number of methoxy groups -OCH3 is 1. The van der Waals surface area contributed by atoms with Gasteiger partial charge >= 0.3 is 5.97 Å². The first-order valence-corrected chi connectivity index (χ1v) is 4.86. The summed E-state index contributed by atoms with van der Waals surface area (Å²) in [6.07, 6.45) is 0. The van der Waals surface area contributed by atoms with Crippen molar-refractivity contribution in [2.45, 2.75) is 39.3 Å². The van der Waals surface area contributed by atoms with Crippen LogP contribution in [0.5, 0.6) is 0 Å². The molecule has 1 unspecified atom stereocenters. The third-order valence-corrected chi connectivity index (χ3v) is 2.29. The van der Waals surface area contributed by atoms with Crippen molar-refractivity contribution in [1.82, 2.24) is 5.32 Å². The normalized spacial score (nSPS) is 15.9. The van der Waals surface area contributed by atoms with Gasteiger partial charge in [-0.3, -0.25) is 10.1 Å². The van der Waals surface area contributed by atoms with Gasteiger partial charge < -0.3 is 9.84 Å². The van der Waals surface area contributed by atoms with Gasteiger partial charge in [0.1, 0.15) is 5.54 Å². The Morgan fingerprint density at radius 1 is 1.43 bits per heavy atom. The fraction of sp³-hybridized carbons (Fsp3) is 0.900. The van der Waals surface area contributed by atoms with Crippen molar-refractivity contribution in [3.05, 3.63) is 0 Å². The van der Waals surface area contributed by atoms with E-state index in [-0.39, 0.29) is 18.6 Å². The molecule has 14 heavy (non-hydrogen) atoms. The molecule has 0 aliphatic rings. The maximum absolute atomic E-state index is 11.2. The highest BCUT2D eigenvalue weighted by atomic mass is 16.5. The quantitative estimate of drug-likeness (QED) is 0.679. The van der Waals surface area contributed by atoms with E-state index in [0.717, 1.165) is 0 Å². The predicted octanol–water partition coefficient (Wildman–Crippen LogP) is 1.11. The molecule has 0 heterocycles. The van der Waals surface area contributed by atoms with Crippen LogP contribution in [0, 0.1) is 5.92 Å². The second-order valence-corrected chi connectivity index (χ2v) is 4.16. The van der Waals surface area contributed by atoms with Crippen LogP contribution in [0.3, 0.4) is 0 Å². The van der Waals surface area contributed by atoms with Crippen molar-refractivity contribution in [2.75, 3.05) is 13.7 Å². The number of aliphatic carboxylic acids is 1. The Hall–Kier alpha value is -0.610. The van der Waals surface area contributed by atoms with E-state index in [1.807, 2.05) is 27.7 Å². The monoisotopic (exact) mass is 203 g/mol. The molecular weight excluding hydrogens is 182 g/mol. The Kier molecular flexibility index (Phi) is 5.08. The summed E-state index contributed by atoms with van der Waals surface area (Å²) in [6.45, 7) is 7.79. The van der Waals surface area contributed by atoms with Crippen LogP contribution in [0.2, 0.25) is 0 Å². The lowest BCUT2D eigenvalue weighted by molar-refractivity contribution is -0.150. The van der Waals surface area contributed by atoms with Crippen LogP contribution in [0.4, 0.5) is 0 Å². The topological polar surface area (TPSA) is 58.6 Å². The highest BCUT2D eigenvalue weighted by Crippen LogP contribution is 2.19. The SMILES string of the molecule is COCC(NC(C)C)(C(=O)O)C(C)C. The zero-order valence-corrected chi connectivity index (χ0v) is 9.63. The molecule has 0 amide bonds. The van der Waals surface area contributed by atoms with Crippen molar-refractivity contribution in [3.63, 3.8) is 0 Å². The van der Waals surface area contributed by atoms with E-state index >= 15 is 0 Å². The summed E-state index contributed by atoms with van der Waals surface area (Å²) in [6, 6.07) is 0.114. The molecule has 0 aromatic rings. The van der Waals surface area contributed by atoms with E-state index in [4.69, 9.17) is 4.74 Å². The summed E-state index contributed by atoms with van der Waals surface area (Å²) in [4.78, 5) is 11.2. The lowest BCUT2D eigenvalue weighted by Gasteiger charge is -2.35. The molecule has 84 valence electrons. The van der Waals surface area contributed by atoms with Gasteiger partial charge in [-0.15, -0.1) is 0 Å². The standard InChI is InChI=1S/C10H21NO3/c1-7(2)10(6-14-5,9(12)13)11-8(3)4/h7-8,11H,6H2,1-5H3,(H,12,13). The number of carbonyl (C=O) groups is 1. The van der Waals surface area contributed by atoms with Crippen LogP contribution >= 0.6 is 0 Å². The van der Waals surface area contributed by atoms with E-state index in [1.54, 1.807) is 0 Å². The molecule has 0 bridgehead atoms. The van der Waals surface area contributed by atoms with Crippen LogP contribution in [0.25, 0.3) is 0 Å². The predicted molar refractivity (Wildman–Crippen MR) is 55.4 cm³/mol. The Labute approximate surface area is 85.6 Å². The molecular formula is C10H21NO3. The van der Waals surface area contributed by atoms with Crippen LogP contribution in [0.15, 0.2) is 0 Å². The molecule has 0 rings (SSSR count). The lowest BCUT2D eigenvalue weighted by atomic mass is 9.86. The largest absolute Gasteiger partial charge is 0.480 e. The maximum atomic E-state index is 11.2. The number of rotatable bonds is 6. The average Bonchev–Trinajstić information content (AvgIpc) is 2.01. The van der Waals surface area contributed by atoms with Gasteiger partial charge in [0, 0.05) is 13.2 Å². The Bertz CT molecular complexity index is 192. The molecule has 0 radical (unpaired) electrons. The van der Waals surface area contributed by atoms with Crippen LogP contribution in [0.1, 0.15) is 27.7 Å². The van der Waals surface area contributed by atoms with Gasteiger partial charge in [-0.05, 0) is 19.8 Å². The molecule has 2 N–H and O–H groups in total. The minimum atomic E-state index is -0.983. The highest BCUT2D eigenvalue weighted by molar-refractivity contribution is 5.79. The van der Waals surface area contributed by atoms with E-state index in [0.29, 0.717) is 0 Å². The second-order valence-electron chi connectivity index (χ2n) is 4.16. The third-order valence-electron chi connectivity index (χ3n) is 2.29. The second kappa shape index (κ2) is 5.32. The van der Waals surface area contributed by atoms with Crippen molar-refractivity contribution in [3.8, 4) is 0 Å². The summed E-state index contributed by atoms with van der Waals surface area (Å²) in [5.41, 5.74) is -0.983. The van der Waals surface area contributed by atoms with Gasteiger partial charge in [0.25, 0.3) is 0 Å². The van der Waals surface area contributed by atoms with E-state index < -0.39 is 11.5 Å². The fourth-order valence-electron chi connectivity index (χ4n) is 1.49. The van der Waals surface area contributed by atoms with Gasteiger partial charge in [-0.2, -0.15) is 0 Å². The van der Waals surface area contributed by atoms with Crippen molar-refractivity contribution in [2.24, 2.45) is 5.92 Å². The number of nitrogens with one attached hydrogen (secondary N) is 1. The molecule has 0 aromatic heterocycles. The van der Waals surface area contributed by atoms with E-state index in [2.05, 4.69) is 5.32 Å². The van der Waals surface area contributed by atoms with Gasteiger partial charge in [0.05, 0.1) is 6.61 Å². The number of carboxylic acid groups (broad SMARTS) is 1. The van der Waals surface area contributed by atoms with Crippen LogP contribution < -0.4 is 5.32 Å². The molecule has 0 fully saturated rings. The molecule has 0 aliphatic heterocycles. The minimum Gasteiger partial charge on any atom is -0.480 e. The zero-order chi connectivity index (χ0) is 11.4. The van der Waals surface area contributed by atoms with Crippen molar-refractivity contribution < 1.29 is 14.6 Å². The molecule has 4 nitrogen and oxygen atoms in total. The first kappa shape index (κ1) is 13.4. The summed E-state index contributed by atoms with van der Waals surface area (Å²) in [5.74, 6) is -0.884. The Balaban J connectivity index is 4.84. The minimum absolute atomic E-state index is 0.0256. The number of carboxylic acids is 1. The van der Waals surface area contributed by atoms with Crippen molar-refractivity contribution >= 4 is 5.97 Å². The molecule has 0 aliphatic carbocycles. The van der Waals surface area contributed by atoms with Crippen LogP contribution in [-0.4, -0.2) is 36.4 Å². The smallest absolute Gasteiger partial charge is 0.326 e. The Morgan fingerprint density at radius 2 is 1.93 bits per heavy atom. The Morgan fingerprint density at radius 3 is 2.14 bits per heavy atom. The number of hydrogen-bond acceptors (Lipinski definition) is 3. The van der Waals surface area contributed by atoms with Crippen LogP contribution in [-0.2, 0) is 9.53 Å². The van der Waals surface area contributed by atoms with Gasteiger partial charge in [-0.25, -0.2) is 0 Å². The van der Waals surface area contributed by atoms with E-state index in [9.17, 15) is 9.90 Å². The van der Waals surface area contributed by atoms with E-state index in [1.165, 1.54) is 7.11 Å². The first-order chi connectivity index (χ1) is 6.36. The highest BCUT2D eigenvalue weighted by Gasteiger charge is 2.42. The van der Waals surface area contributed by atoms with Gasteiger partial charge in [0.15, 0.2) is 0 Å². The van der Waals surface area contributed by atoms with Gasteiger partial charge in [0.2, 0.25) is 0 Å². The summed E-state index contributed by atoms with van der Waals surface area (Å²) >= 11 is 0. The molecule has 0 saturated heterocycles. The average molecular weight is 203 g/mol. The van der Waals surface area contributed by atoms with Crippen molar-refractivity contribution in [1.29, 1.82) is 0 Å². The number of ether oxygens (including phenoxy) is 1. The molecule has 0 saturated carbocycles. The summed E-state index contributed by atoms with van der Waals surface area (Å²) in [5, 5.41) is 12.3. The third kappa shape index (κ3) is 2.96. The lowest BCUT2D eigenvalue weighted by Crippen LogP contribution is -2.61. The fourth-order valence-corrected chi connectivity index (χ4v) is 1.49. The maximum Gasteiger partial charge on any atom is 0.326 e. The molecule has 4 heteroatoms. The van der Waals surface area contributed by atoms with Gasteiger partial charge in [-0.1, -0.05) is 13.8 Å². The number of hydrogen-bond donors (Lipinski definition) is 2. The molecule has 1 atom stereocenters. The summed E-state index contributed by atoms with van der Waals surface area (Å²) in [7, 11) is 1.52. The molecule has 0 aromatic carbocycles.